The Balaban J connectivity index is 2.12. The van der Waals surface area contributed by atoms with Gasteiger partial charge in [-0.2, -0.15) is 5.10 Å². The van der Waals surface area contributed by atoms with E-state index in [1.54, 1.807) is 7.11 Å². The van der Waals surface area contributed by atoms with Crippen LogP contribution in [0.3, 0.4) is 0 Å². The number of hydrogen-bond acceptors (Lipinski definition) is 3. The molecule has 0 amide bonds. The molecule has 0 saturated carbocycles. The Morgan fingerprint density at radius 1 is 1.20 bits per heavy atom. The van der Waals surface area contributed by atoms with Crippen molar-refractivity contribution in [1.29, 1.82) is 0 Å². The first-order valence-corrected chi connectivity index (χ1v) is 7.02. The fourth-order valence-corrected chi connectivity index (χ4v) is 2.11. The van der Waals surface area contributed by atoms with Crippen molar-refractivity contribution >= 4 is 0 Å². The monoisotopic (exact) mass is 273 g/mol. The van der Waals surface area contributed by atoms with Gasteiger partial charge < -0.3 is 10.1 Å². The van der Waals surface area contributed by atoms with Gasteiger partial charge in [0.2, 0.25) is 0 Å². The van der Waals surface area contributed by atoms with Crippen molar-refractivity contribution in [1.82, 2.24) is 15.1 Å². The number of nitrogens with one attached hydrogen (secondary N) is 1. The van der Waals surface area contributed by atoms with Crippen LogP contribution in [0, 0.1) is 0 Å². The Morgan fingerprint density at radius 3 is 2.60 bits per heavy atom. The fraction of sp³-hybridized carbons (Fsp3) is 0.438. The number of hydrogen-bond donors (Lipinski definition) is 1. The van der Waals surface area contributed by atoms with E-state index in [9.17, 15) is 0 Å². The number of aromatic nitrogens is 2. The first kappa shape index (κ1) is 14.8. The van der Waals surface area contributed by atoms with E-state index in [0.717, 1.165) is 12.1 Å². The largest absolute Gasteiger partial charge is 0.382 e. The lowest BCUT2D eigenvalue weighted by molar-refractivity contribution is 0.147. The highest BCUT2D eigenvalue weighted by atomic mass is 16.5. The molecule has 0 saturated heterocycles. The summed E-state index contributed by atoms with van der Waals surface area (Å²) in [4.78, 5) is 0. The van der Waals surface area contributed by atoms with Crippen molar-refractivity contribution in [2.75, 3.05) is 20.3 Å². The highest BCUT2D eigenvalue weighted by Crippen LogP contribution is 2.19. The predicted molar refractivity (Wildman–Crippen MR) is 81.7 cm³/mol. The Kier molecular flexibility index (Phi) is 5.32. The Morgan fingerprint density at radius 2 is 1.95 bits per heavy atom. The molecule has 0 bridgehead atoms. The third-order valence-electron chi connectivity index (χ3n) is 3.20. The fourth-order valence-electron chi connectivity index (χ4n) is 2.11. The predicted octanol–water partition coefficient (Wildman–Crippen LogP) is 2.74. The summed E-state index contributed by atoms with van der Waals surface area (Å²) >= 11 is 0. The van der Waals surface area contributed by atoms with E-state index in [2.05, 4.69) is 42.6 Å². The van der Waals surface area contributed by atoms with Crippen LogP contribution in [0.25, 0.3) is 11.1 Å². The summed E-state index contributed by atoms with van der Waals surface area (Å²) in [6.45, 7) is 5.78. The lowest BCUT2D eigenvalue weighted by Gasteiger charge is -2.19. The quantitative estimate of drug-likeness (QED) is 0.843. The van der Waals surface area contributed by atoms with Gasteiger partial charge in [0.05, 0.1) is 18.8 Å². The van der Waals surface area contributed by atoms with Gasteiger partial charge in [0.15, 0.2) is 0 Å². The number of ether oxygens (including phenoxy) is 1. The highest BCUT2D eigenvalue weighted by molar-refractivity contribution is 5.61. The molecular formula is C16H23N3O. The lowest BCUT2D eigenvalue weighted by Crippen LogP contribution is -2.32. The SMILES string of the molecule is COCC(CNC(C)C)n1cc(-c2ccccc2)cn1. The smallest absolute Gasteiger partial charge is 0.0876 e. The lowest BCUT2D eigenvalue weighted by atomic mass is 10.1. The van der Waals surface area contributed by atoms with E-state index in [1.165, 1.54) is 5.56 Å². The Hall–Kier alpha value is -1.65. The second kappa shape index (κ2) is 7.22. The normalized spacial score (nSPS) is 12.8. The van der Waals surface area contributed by atoms with Crippen LogP contribution in [0.15, 0.2) is 42.7 Å². The number of methoxy groups -OCH3 is 1. The average Bonchev–Trinajstić information content (AvgIpc) is 2.94. The van der Waals surface area contributed by atoms with Gasteiger partial charge in [0.25, 0.3) is 0 Å². The molecule has 2 rings (SSSR count). The van der Waals surface area contributed by atoms with E-state index in [1.807, 2.05) is 29.1 Å². The summed E-state index contributed by atoms with van der Waals surface area (Å²) in [6, 6.07) is 11.0. The van der Waals surface area contributed by atoms with Gasteiger partial charge in [-0.25, -0.2) is 0 Å². The number of rotatable bonds is 7. The third kappa shape index (κ3) is 3.92. The second-order valence-corrected chi connectivity index (χ2v) is 5.25. The highest BCUT2D eigenvalue weighted by Gasteiger charge is 2.13. The first-order chi connectivity index (χ1) is 9.70. The van der Waals surface area contributed by atoms with Crippen molar-refractivity contribution in [2.24, 2.45) is 0 Å². The van der Waals surface area contributed by atoms with Crippen LogP contribution in [0.2, 0.25) is 0 Å². The van der Waals surface area contributed by atoms with E-state index >= 15 is 0 Å². The summed E-state index contributed by atoms with van der Waals surface area (Å²) in [6.07, 6.45) is 3.99. The minimum atomic E-state index is 0.208. The first-order valence-electron chi connectivity index (χ1n) is 7.02. The summed E-state index contributed by atoms with van der Waals surface area (Å²) < 4.78 is 7.29. The maximum atomic E-state index is 5.30. The number of nitrogens with zero attached hydrogens (tertiary/aromatic N) is 2. The maximum Gasteiger partial charge on any atom is 0.0876 e. The van der Waals surface area contributed by atoms with Gasteiger partial charge in [-0.15, -0.1) is 0 Å². The molecule has 4 heteroatoms. The minimum Gasteiger partial charge on any atom is -0.382 e. The summed E-state index contributed by atoms with van der Waals surface area (Å²) in [5, 5.41) is 7.92. The van der Waals surface area contributed by atoms with Crippen LogP contribution in [0.4, 0.5) is 0 Å². The van der Waals surface area contributed by atoms with Crippen LogP contribution in [0.5, 0.6) is 0 Å². The van der Waals surface area contributed by atoms with Gasteiger partial charge in [0.1, 0.15) is 0 Å². The van der Waals surface area contributed by atoms with Crippen molar-refractivity contribution in [3.8, 4) is 11.1 Å². The Bertz CT molecular complexity index is 507. The average molecular weight is 273 g/mol. The zero-order valence-corrected chi connectivity index (χ0v) is 12.4. The summed E-state index contributed by atoms with van der Waals surface area (Å²) in [5.41, 5.74) is 2.32. The molecule has 108 valence electrons. The summed E-state index contributed by atoms with van der Waals surface area (Å²) in [5.74, 6) is 0. The molecule has 0 spiro atoms. The van der Waals surface area contributed by atoms with Gasteiger partial charge in [-0.05, 0) is 5.56 Å². The van der Waals surface area contributed by atoms with Crippen LogP contribution >= 0.6 is 0 Å². The van der Waals surface area contributed by atoms with Crippen LogP contribution < -0.4 is 5.32 Å². The molecule has 20 heavy (non-hydrogen) atoms. The molecule has 1 aromatic carbocycles. The topological polar surface area (TPSA) is 39.1 Å². The van der Waals surface area contributed by atoms with E-state index < -0.39 is 0 Å². The second-order valence-electron chi connectivity index (χ2n) is 5.25. The van der Waals surface area contributed by atoms with Crippen molar-refractivity contribution in [3.05, 3.63) is 42.7 Å². The van der Waals surface area contributed by atoms with Crippen molar-refractivity contribution in [3.63, 3.8) is 0 Å². The van der Waals surface area contributed by atoms with Gasteiger partial charge in [0, 0.05) is 31.5 Å². The standard InChI is InChI=1S/C16H23N3O/c1-13(2)17-10-16(12-20-3)19-11-15(9-18-19)14-7-5-4-6-8-14/h4-9,11,13,16-17H,10,12H2,1-3H3. The molecular weight excluding hydrogens is 250 g/mol. The molecule has 1 heterocycles. The number of benzene rings is 1. The van der Waals surface area contributed by atoms with Crippen LogP contribution in [0.1, 0.15) is 19.9 Å². The van der Waals surface area contributed by atoms with E-state index in [0.29, 0.717) is 12.6 Å². The van der Waals surface area contributed by atoms with E-state index in [4.69, 9.17) is 4.74 Å². The molecule has 1 aromatic heterocycles. The molecule has 2 aromatic rings. The van der Waals surface area contributed by atoms with Gasteiger partial charge in [-0.3, -0.25) is 4.68 Å². The molecule has 1 N–H and O–H groups in total. The third-order valence-corrected chi connectivity index (χ3v) is 3.20. The molecule has 0 radical (unpaired) electrons. The summed E-state index contributed by atoms with van der Waals surface area (Å²) in [7, 11) is 1.73. The Labute approximate surface area is 120 Å². The minimum absolute atomic E-state index is 0.208. The van der Waals surface area contributed by atoms with Gasteiger partial charge in [-0.1, -0.05) is 44.2 Å². The van der Waals surface area contributed by atoms with Crippen molar-refractivity contribution in [2.45, 2.75) is 25.9 Å². The van der Waals surface area contributed by atoms with Crippen LogP contribution in [-0.2, 0) is 4.74 Å². The van der Waals surface area contributed by atoms with Gasteiger partial charge >= 0.3 is 0 Å². The maximum absolute atomic E-state index is 5.30. The molecule has 0 aliphatic rings. The molecule has 4 nitrogen and oxygen atoms in total. The molecule has 1 unspecified atom stereocenters. The van der Waals surface area contributed by atoms with E-state index in [-0.39, 0.29) is 6.04 Å². The zero-order valence-electron chi connectivity index (χ0n) is 12.4. The zero-order chi connectivity index (χ0) is 14.4. The molecule has 1 atom stereocenters. The molecule has 0 aliphatic carbocycles. The van der Waals surface area contributed by atoms with Crippen molar-refractivity contribution < 1.29 is 4.74 Å². The molecule has 0 aliphatic heterocycles. The van der Waals surface area contributed by atoms with Crippen LogP contribution in [-0.4, -0.2) is 36.1 Å². The molecule has 0 fully saturated rings.